The molecule has 0 bridgehead atoms. The maximum atomic E-state index is 12.3. The Morgan fingerprint density at radius 3 is 2.64 bits per heavy atom. The molecule has 0 unspecified atom stereocenters. The number of ether oxygens (including phenoxy) is 1. The molecule has 0 aliphatic carbocycles. The van der Waals surface area contributed by atoms with Crippen LogP contribution in [-0.4, -0.2) is 43.1 Å². The fraction of sp³-hybridized carbons (Fsp3) is 0.667. The van der Waals surface area contributed by atoms with Crippen molar-refractivity contribution >= 4 is 5.91 Å². The highest BCUT2D eigenvalue weighted by Gasteiger charge is 2.21. The number of carbonyl (C=O) groups is 1. The van der Waals surface area contributed by atoms with Gasteiger partial charge in [-0.15, -0.1) is 0 Å². The minimum absolute atomic E-state index is 0.0358. The van der Waals surface area contributed by atoms with Crippen molar-refractivity contribution in [3.63, 3.8) is 0 Å². The third-order valence-corrected chi connectivity index (χ3v) is 4.92. The molecule has 1 fully saturated rings. The van der Waals surface area contributed by atoms with Gasteiger partial charge in [-0.3, -0.25) is 4.79 Å². The van der Waals surface area contributed by atoms with E-state index < -0.39 is 6.10 Å². The number of piperidine rings is 1. The Morgan fingerprint density at radius 2 is 1.96 bits per heavy atom. The predicted molar refractivity (Wildman–Crippen MR) is 103 cm³/mol. The summed E-state index contributed by atoms with van der Waals surface area (Å²) in [6, 6.07) is 7.92. The van der Waals surface area contributed by atoms with Gasteiger partial charge in [0, 0.05) is 19.6 Å². The molecule has 1 aromatic carbocycles. The summed E-state index contributed by atoms with van der Waals surface area (Å²) < 4.78 is 5.85. The molecule has 25 heavy (non-hydrogen) atoms. The Balaban J connectivity index is 1.69. The molecular weight excluding hydrogens is 312 g/mol. The topological polar surface area (TPSA) is 41.6 Å². The highest BCUT2D eigenvalue weighted by atomic mass is 16.5. The molecule has 1 N–H and O–H groups in total. The van der Waals surface area contributed by atoms with Crippen molar-refractivity contribution < 1.29 is 9.53 Å². The summed E-state index contributed by atoms with van der Waals surface area (Å²) in [6.45, 7) is 12.7. The second kappa shape index (κ2) is 9.81. The predicted octanol–water partition coefficient (Wildman–Crippen LogP) is 3.50. The lowest BCUT2D eigenvalue weighted by Crippen LogP contribution is -2.41. The molecule has 3 atom stereocenters. The molecule has 4 nitrogen and oxygen atoms in total. The zero-order valence-corrected chi connectivity index (χ0v) is 16.3. The standard InChI is InChI=1S/C21H34N2O2/c1-5-19-9-6-7-10-20(19)25-18(4)21(24)22-11-8-12-23-14-16(2)13-17(3)15-23/h6-7,9-10,16-18H,5,8,11-15H2,1-4H3,(H,22,24)/t16-,17-,18+/m1/s1. The Hall–Kier alpha value is -1.55. The van der Waals surface area contributed by atoms with Crippen molar-refractivity contribution in [2.45, 2.75) is 53.1 Å². The van der Waals surface area contributed by atoms with E-state index in [1.807, 2.05) is 31.2 Å². The fourth-order valence-electron chi connectivity index (χ4n) is 3.79. The molecular formula is C21H34N2O2. The first kappa shape index (κ1) is 19.8. The van der Waals surface area contributed by atoms with E-state index in [1.54, 1.807) is 0 Å². The molecule has 1 aromatic rings. The first-order chi connectivity index (χ1) is 12.0. The molecule has 2 rings (SSSR count). The first-order valence-electron chi connectivity index (χ1n) is 9.74. The van der Waals surface area contributed by atoms with E-state index >= 15 is 0 Å². The van der Waals surface area contributed by atoms with Crippen molar-refractivity contribution in [1.29, 1.82) is 0 Å². The molecule has 1 aliphatic rings. The average molecular weight is 347 g/mol. The zero-order chi connectivity index (χ0) is 18.2. The number of benzene rings is 1. The van der Waals surface area contributed by atoms with Gasteiger partial charge in [-0.1, -0.05) is 39.0 Å². The molecule has 140 valence electrons. The molecule has 1 amide bonds. The normalized spacial score (nSPS) is 22.4. The van der Waals surface area contributed by atoms with Crippen LogP contribution in [0, 0.1) is 11.8 Å². The van der Waals surface area contributed by atoms with E-state index in [0.29, 0.717) is 6.54 Å². The summed E-state index contributed by atoms with van der Waals surface area (Å²) in [6.07, 6.45) is 2.75. The lowest BCUT2D eigenvalue weighted by atomic mass is 9.92. The lowest BCUT2D eigenvalue weighted by Gasteiger charge is -2.34. The number of rotatable bonds is 8. The van der Waals surface area contributed by atoms with Crippen LogP contribution in [0.5, 0.6) is 5.75 Å². The molecule has 4 heteroatoms. The number of hydrogen-bond donors (Lipinski definition) is 1. The summed E-state index contributed by atoms with van der Waals surface area (Å²) in [5.41, 5.74) is 1.13. The molecule has 1 heterocycles. The van der Waals surface area contributed by atoms with Crippen LogP contribution in [0.15, 0.2) is 24.3 Å². The molecule has 0 radical (unpaired) electrons. The Labute approximate surface area is 152 Å². The molecule has 0 spiro atoms. The Morgan fingerprint density at radius 1 is 1.28 bits per heavy atom. The van der Waals surface area contributed by atoms with E-state index in [4.69, 9.17) is 4.74 Å². The minimum atomic E-state index is -0.470. The van der Waals surface area contributed by atoms with Crippen molar-refractivity contribution in [2.75, 3.05) is 26.2 Å². The second-order valence-corrected chi connectivity index (χ2v) is 7.57. The average Bonchev–Trinajstić information content (AvgIpc) is 2.58. The number of nitrogens with one attached hydrogen (secondary N) is 1. The third-order valence-electron chi connectivity index (χ3n) is 4.92. The molecule has 1 saturated heterocycles. The number of likely N-dealkylation sites (tertiary alicyclic amines) is 1. The van der Waals surface area contributed by atoms with Gasteiger partial charge in [-0.25, -0.2) is 0 Å². The van der Waals surface area contributed by atoms with Gasteiger partial charge in [-0.05, 0) is 56.2 Å². The van der Waals surface area contributed by atoms with Gasteiger partial charge in [0.2, 0.25) is 0 Å². The second-order valence-electron chi connectivity index (χ2n) is 7.57. The molecule has 0 aromatic heterocycles. The smallest absolute Gasteiger partial charge is 0.260 e. The number of nitrogens with zero attached hydrogens (tertiary/aromatic N) is 1. The van der Waals surface area contributed by atoms with Crippen LogP contribution >= 0.6 is 0 Å². The van der Waals surface area contributed by atoms with Crippen LogP contribution < -0.4 is 10.1 Å². The van der Waals surface area contributed by atoms with Gasteiger partial charge in [-0.2, -0.15) is 0 Å². The van der Waals surface area contributed by atoms with Crippen LogP contribution in [0.1, 0.15) is 46.1 Å². The van der Waals surface area contributed by atoms with Gasteiger partial charge in [0.05, 0.1) is 0 Å². The van der Waals surface area contributed by atoms with Crippen LogP contribution in [0.3, 0.4) is 0 Å². The van der Waals surface area contributed by atoms with Crippen molar-refractivity contribution in [1.82, 2.24) is 10.2 Å². The van der Waals surface area contributed by atoms with E-state index in [0.717, 1.165) is 42.5 Å². The van der Waals surface area contributed by atoms with Crippen LogP contribution in [-0.2, 0) is 11.2 Å². The minimum Gasteiger partial charge on any atom is -0.481 e. The van der Waals surface area contributed by atoms with Gasteiger partial charge >= 0.3 is 0 Å². The van der Waals surface area contributed by atoms with Crippen LogP contribution in [0.25, 0.3) is 0 Å². The Kier molecular flexibility index (Phi) is 7.76. The number of amides is 1. The van der Waals surface area contributed by atoms with E-state index in [2.05, 4.69) is 31.0 Å². The monoisotopic (exact) mass is 346 g/mol. The molecule has 1 aliphatic heterocycles. The van der Waals surface area contributed by atoms with E-state index in [1.165, 1.54) is 19.5 Å². The lowest BCUT2D eigenvalue weighted by molar-refractivity contribution is -0.127. The van der Waals surface area contributed by atoms with Gasteiger partial charge < -0.3 is 15.0 Å². The van der Waals surface area contributed by atoms with E-state index in [-0.39, 0.29) is 5.91 Å². The first-order valence-corrected chi connectivity index (χ1v) is 9.74. The quantitative estimate of drug-likeness (QED) is 0.733. The van der Waals surface area contributed by atoms with E-state index in [9.17, 15) is 4.79 Å². The SMILES string of the molecule is CCc1ccccc1O[C@@H](C)C(=O)NCCCN1C[C@H](C)C[C@@H](C)C1. The highest BCUT2D eigenvalue weighted by molar-refractivity contribution is 5.80. The summed E-state index contributed by atoms with van der Waals surface area (Å²) in [5.74, 6) is 2.34. The largest absolute Gasteiger partial charge is 0.481 e. The summed E-state index contributed by atoms with van der Waals surface area (Å²) in [7, 11) is 0. The van der Waals surface area contributed by atoms with Gasteiger partial charge in [0.25, 0.3) is 5.91 Å². The van der Waals surface area contributed by atoms with Crippen molar-refractivity contribution in [3.05, 3.63) is 29.8 Å². The third kappa shape index (κ3) is 6.35. The maximum absolute atomic E-state index is 12.3. The summed E-state index contributed by atoms with van der Waals surface area (Å²) >= 11 is 0. The van der Waals surface area contributed by atoms with Crippen molar-refractivity contribution in [3.8, 4) is 5.75 Å². The molecule has 0 saturated carbocycles. The number of aryl methyl sites for hydroxylation is 1. The maximum Gasteiger partial charge on any atom is 0.260 e. The Bertz CT molecular complexity index is 536. The van der Waals surface area contributed by atoms with Gasteiger partial charge in [0.15, 0.2) is 6.10 Å². The number of para-hydroxylation sites is 1. The van der Waals surface area contributed by atoms with Gasteiger partial charge in [0.1, 0.15) is 5.75 Å². The van der Waals surface area contributed by atoms with Crippen molar-refractivity contribution in [2.24, 2.45) is 11.8 Å². The van der Waals surface area contributed by atoms with Crippen LogP contribution in [0.2, 0.25) is 0 Å². The summed E-state index contributed by atoms with van der Waals surface area (Å²) in [4.78, 5) is 14.8. The zero-order valence-electron chi connectivity index (χ0n) is 16.3. The number of carbonyl (C=O) groups excluding carboxylic acids is 1. The fourth-order valence-corrected chi connectivity index (χ4v) is 3.79. The number of hydrogen-bond acceptors (Lipinski definition) is 3. The van der Waals surface area contributed by atoms with Crippen LogP contribution in [0.4, 0.5) is 0 Å². The highest BCUT2D eigenvalue weighted by Crippen LogP contribution is 2.21. The summed E-state index contributed by atoms with van der Waals surface area (Å²) in [5, 5.41) is 3.01.